The molecule has 5 nitrogen and oxygen atoms in total. The number of amides is 1. The van der Waals surface area contributed by atoms with Gasteiger partial charge >= 0.3 is 5.97 Å². The minimum Gasteiger partial charge on any atom is -0.479 e. The van der Waals surface area contributed by atoms with Gasteiger partial charge in [0.15, 0.2) is 6.04 Å². The summed E-state index contributed by atoms with van der Waals surface area (Å²) in [7, 11) is 0. The summed E-state index contributed by atoms with van der Waals surface area (Å²) >= 11 is 0. The molecule has 0 radical (unpaired) electrons. The van der Waals surface area contributed by atoms with Crippen molar-refractivity contribution in [1.29, 1.82) is 0 Å². The van der Waals surface area contributed by atoms with Crippen LogP contribution in [-0.2, 0) is 9.59 Å². The van der Waals surface area contributed by atoms with E-state index in [1.165, 1.54) is 0 Å². The van der Waals surface area contributed by atoms with Gasteiger partial charge in [0.05, 0.1) is 5.54 Å². The van der Waals surface area contributed by atoms with Gasteiger partial charge in [0.25, 0.3) is 0 Å². The van der Waals surface area contributed by atoms with Gasteiger partial charge in [-0.25, -0.2) is 4.79 Å². The summed E-state index contributed by atoms with van der Waals surface area (Å²) in [5.41, 5.74) is -0.0902. The molecule has 2 atom stereocenters. The molecule has 1 unspecified atom stereocenters. The second-order valence-corrected chi connectivity index (χ2v) is 5.02. The van der Waals surface area contributed by atoms with Crippen LogP contribution in [0, 0.1) is 0 Å². The SMILES string of the molecule is CC1(C(=O)N[C@@H](C(=O)O)c2ccccc2)CCCN1. The number of rotatable bonds is 4. The van der Waals surface area contributed by atoms with Crippen molar-refractivity contribution in [3.63, 3.8) is 0 Å². The van der Waals surface area contributed by atoms with E-state index in [2.05, 4.69) is 10.6 Å². The van der Waals surface area contributed by atoms with Gasteiger partial charge in [0, 0.05) is 0 Å². The van der Waals surface area contributed by atoms with E-state index in [0.29, 0.717) is 5.56 Å². The Morgan fingerprint density at radius 1 is 1.37 bits per heavy atom. The third-order valence-electron chi connectivity index (χ3n) is 3.53. The van der Waals surface area contributed by atoms with Gasteiger partial charge < -0.3 is 15.7 Å². The fraction of sp³-hybridized carbons (Fsp3) is 0.429. The molecule has 1 aromatic carbocycles. The van der Waals surface area contributed by atoms with Crippen molar-refractivity contribution in [3.05, 3.63) is 35.9 Å². The second-order valence-electron chi connectivity index (χ2n) is 5.02. The van der Waals surface area contributed by atoms with Gasteiger partial charge in [-0.3, -0.25) is 4.79 Å². The zero-order valence-electron chi connectivity index (χ0n) is 10.8. The molecule has 1 fully saturated rings. The summed E-state index contributed by atoms with van der Waals surface area (Å²) in [5, 5.41) is 15.0. The van der Waals surface area contributed by atoms with Crippen molar-refractivity contribution < 1.29 is 14.7 Å². The standard InChI is InChI=1S/C14H18N2O3/c1-14(8-5-9-15-14)13(19)16-11(12(17)18)10-6-3-2-4-7-10/h2-4,6-7,11,15H,5,8-9H2,1H3,(H,16,19)(H,17,18)/t11-,14?/m1/s1. The van der Waals surface area contributed by atoms with Crippen molar-refractivity contribution in [2.24, 2.45) is 0 Å². The third kappa shape index (κ3) is 2.93. The number of aliphatic carboxylic acids is 1. The quantitative estimate of drug-likeness (QED) is 0.758. The average molecular weight is 262 g/mol. The number of carboxylic acids is 1. The number of carboxylic acid groups (broad SMARTS) is 1. The summed E-state index contributed by atoms with van der Waals surface area (Å²) in [6.45, 7) is 2.59. The van der Waals surface area contributed by atoms with E-state index < -0.39 is 17.6 Å². The van der Waals surface area contributed by atoms with Crippen LogP contribution >= 0.6 is 0 Å². The number of benzene rings is 1. The van der Waals surface area contributed by atoms with Gasteiger partial charge in [-0.2, -0.15) is 0 Å². The lowest BCUT2D eigenvalue weighted by molar-refractivity contribution is -0.143. The smallest absolute Gasteiger partial charge is 0.330 e. The molecule has 5 heteroatoms. The number of hydrogen-bond donors (Lipinski definition) is 3. The zero-order chi connectivity index (χ0) is 13.9. The first kappa shape index (κ1) is 13.5. The van der Waals surface area contributed by atoms with E-state index in [1.54, 1.807) is 31.2 Å². The van der Waals surface area contributed by atoms with Crippen LogP contribution in [0.3, 0.4) is 0 Å². The predicted molar refractivity (Wildman–Crippen MR) is 70.6 cm³/mol. The Kier molecular flexibility index (Phi) is 3.85. The van der Waals surface area contributed by atoms with Crippen molar-refractivity contribution >= 4 is 11.9 Å². The van der Waals surface area contributed by atoms with Crippen molar-refractivity contribution in [2.75, 3.05) is 6.54 Å². The van der Waals surface area contributed by atoms with E-state index in [-0.39, 0.29) is 5.91 Å². The second kappa shape index (κ2) is 5.40. The summed E-state index contributed by atoms with van der Waals surface area (Å²) in [5.74, 6) is -1.32. The maximum atomic E-state index is 12.2. The minimum atomic E-state index is -1.05. The van der Waals surface area contributed by atoms with E-state index in [1.807, 2.05) is 6.07 Å². The number of carbonyl (C=O) groups excluding carboxylic acids is 1. The highest BCUT2D eigenvalue weighted by Gasteiger charge is 2.38. The van der Waals surface area contributed by atoms with Gasteiger partial charge in [-0.15, -0.1) is 0 Å². The first-order valence-corrected chi connectivity index (χ1v) is 6.37. The molecule has 19 heavy (non-hydrogen) atoms. The molecule has 3 N–H and O–H groups in total. The molecule has 2 rings (SSSR count). The predicted octanol–water partition coefficient (Wildman–Crippen LogP) is 1.07. The van der Waals surface area contributed by atoms with Crippen molar-refractivity contribution in [1.82, 2.24) is 10.6 Å². The Hall–Kier alpha value is -1.88. The zero-order valence-corrected chi connectivity index (χ0v) is 10.8. The van der Waals surface area contributed by atoms with Crippen LogP contribution in [0.15, 0.2) is 30.3 Å². The summed E-state index contributed by atoms with van der Waals surface area (Å²) in [4.78, 5) is 23.5. The highest BCUT2D eigenvalue weighted by atomic mass is 16.4. The van der Waals surface area contributed by atoms with E-state index in [0.717, 1.165) is 19.4 Å². The summed E-state index contributed by atoms with van der Waals surface area (Å²) < 4.78 is 0. The fourth-order valence-corrected chi connectivity index (χ4v) is 2.31. The van der Waals surface area contributed by atoms with Gasteiger partial charge in [0.1, 0.15) is 0 Å². The summed E-state index contributed by atoms with van der Waals surface area (Å²) in [6, 6.07) is 7.71. The molecule has 0 bridgehead atoms. The minimum absolute atomic E-state index is 0.263. The highest BCUT2D eigenvalue weighted by Crippen LogP contribution is 2.21. The Balaban J connectivity index is 2.14. The maximum Gasteiger partial charge on any atom is 0.330 e. The monoisotopic (exact) mass is 262 g/mol. The first-order valence-electron chi connectivity index (χ1n) is 6.37. The van der Waals surface area contributed by atoms with Crippen LogP contribution in [-0.4, -0.2) is 29.1 Å². The van der Waals surface area contributed by atoms with Crippen LogP contribution < -0.4 is 10.6 Å². The lowest BCUT2D eigenvalue weighted by Crippen LogP contribution is -2.52. The third-order valence-corrected chi connectivity index (χ3v) is 3.53. The highest BCUT2D eigenvalue weighted by molar-refractivity contribution is 5.90. The molecule has 1 amide bonds. The lowest BCUT2D eigenvalue weighted by Gasteiger charge is -2.25. The molecule has 1 aromatic rings. The molecular formula is C14H18N2O3. The number of carbonyl (C=O) groups is 2. The number of nitrogens with one attached hydrogen (secondary N) is 2. The molecule has 1 heterocycles. The number of hydrogen-bond acceptors (Lipinski definition) is 3. The molecule has 0 aromatic heterocycles. The van der Waals surface area contributed by atoms with Gasteiger partial charge in [-0.05, 0) is 31.9 Å². The molecule has 0 spiro atoms. The van der Waals surface area contributed by atoms with Crippen molar-refractivity contribution in [3.8, 4) is 0 Å². The molecule has 1 aliphatic heterocycles. The van der Waals surface area contributed by atoms with Crippen LogP contribution in [0.2, 0.25) is 0 Å². The Bertz CT molecular complexity index is 467. The average Bonchev–Trinajstić information content (AvgIpc) is 2.84. The van der Waals surface area contributed by atoms with Gasteiger partial charge in [0.2, 0.25) is 5.91 Å². The topological polar surface area (TPSA) is 78.4 Å². The van der Waals surface area contributed by atoms with Crippen molar-refractivity contribution in [2.45, 2.75) is 31.3 Å². The molecule has 1 aliphatic rings. The van der Waals surface area contributed by atoms with E-state index in [4.69, 9.17) is 0 Å². The van der Waals surface area contributed by atoms with Crippen LogP contribution in [0.1, 0.15) is 31.4 Å². The fourth-order valence-electron chi connectivity index (χ4n) is 2.31. The van der Waals surface area contributed by atoms with E-state index >= 15 is 0 Å². The summed E-state index contributed by atoms with van der Waals surface area (Å²) in [6.07, 6.45) is 1.65. The molecule has 0 saturated carbocycles. The van der Waals surface area contributed by atoms with Crippen LogP contribution in [0.25, 0.3) is 0 Å². The van der Waals surface area contributed by atoms with Gasteiger partial charge in [-0.1, -0.05) is 30.3 Å². The van der Waals surface area contributed by atoms with Crippen LogP contribution in [0.4, 0.5) is 0 Å². The van der Waals surface area contributed by atoms with E-state index in [9.17, 15) is 14.7 Å². The molecule has 102 valence electrons. The Labute approximate surface area is 112 Å². The Morgan fingerprint density at radius 3 is 2.58 bits per heavy atom. The Morgan fingerprint density at radius 2 is 2.05 bits per heavy atom. The molecule has 1 saturated heterocycles. The lowest BCUT2D eigenvalue weighted by atomic mass is 9.98. The molecule has 0 aliphatic carbocycles. The molecular weight excluding hydrogens is 244 g/mol. The largest absolute Gasteiger partial charge is 0.479 e. The maximum absolute atomic E-state index is 12.2. The first-order chi connectivity index (χ1) is 9.03. The normalized spacial score (nSPS) is 23.8. The van der Waals surface area contributed by atoms with Crippen LogP contribution in [0.5, 0.6) is 0 Å².